The largest absolute Gasteiger partial charge is 0.398 e. The molecule has 0 fully saturated rings. The number of rotatable bonds is 2. The maximum Gasteiger partial charge on any atom is 0.254 e. The Hall–Kier alpha value is -1.66. The van der Waals surface area contributed by atoms with Crippen LogP contribution in [0.1, 0.15) is 24.2 Å². The van der Waals surface area contributed by atoms with E-state index >= 15 is 0 Å². The van der Waals surface area contributed by atoms with Gasteiger partial charge in [-0.1, -0.05) is 17.5 Å². The number of nitrogens with two attached hydrogens (primary N) is 1. The molecule has 0 saturated carbocycles. The average molecular weight is 237 g/mol. The lowest BCUT2D eigenvalue weighted by Crippen LogP contribution is -2.42. The van der Waals surface area contributed by atoms with Crippen molar-refractivity contribution in [1.82, 2.24) is 5.32 Å². The van der Waals surface area contributed by atoms with Crippen LogP contribution in [0.4, 0.5) is 5.69 Å². The van der Waals surface area contributed by atoms with E-state index in [4.69, 9.17) is 23.8 Å². The van der Waals surface area contributed by atoms with E-state index in [2.05, 4.69) is 11.2 Å². The summed E-state index contributed by atoms with van der Waals surface area (Å²) in [5.74, 6) is 2.14. The highest BCUT2D eigenvalue weighted by Crippen LogP contribution is 2.18. The van der Waals surface area contributed by atoms with Crippen molar-refractivity contribution in [3.8, 4) is 12.3 Å². The summed E-state index contributed by atoms with van der Waals surface area (Å²) in [5.41, 5.74) is 5.66. The first-order chi connectivity index (χ1) is 7.35. The molecule has 1 aromatic carbocycles. The van der Waals surface area contributed by atoms with Crippen LogP contribution in [-0.4, -0.2) is 11.4 Å². The Balaban J connectivity index is 2.98. The number of carbonyl (C=O) groups is 1. The predicted molar refractivity (Wildman–Crippen MR) is 66.2 cm³/mol. The summed E-state index contributed by atoms with van der Waals surface area (Å²) in [6.07, 6.45) is 5.28. The van der Waals surface area contributed by atoms with Gasteiger partial charge in [-0.05, 0) is 32.0 Å². The van der Waals surface area contributed by atoms with E-state index < -0.39 is 5.54 Å². The number of halogens is 1. The molecule has 0 aliphatic rings. The fourth-order valence-electron chi connectivity index (χ4n) is 1.11. The van der Waals surface area contributed by atoms with E-state index in [-0.39, 0.29) is 5.91 Å². The summed E-state index contributed by atoms with van der Waals surface area (Å²) < 4.78 is 0. The molecule has 1 rings (SSSR count). The summed E-state index contributed by atoms with van der Waals surface area (Å²) in [5, 5.41) is 3.13. The van der Waals surface area contributed by atoms with Crippen LogP contribution in [0.3, 0.4) is 0 Å². The fraction of sp³-hybridized carbons (Fsp3) is 0.250. The number of carbonyl (C=O) groups excluding carboxylic acids is 1. The second-order valence-electron chi connectivity index (χ2n) is 3.96. The van der Waals surface area contributed by atoms with Crippen molar-refractivity contribution < 1.29 is 4.79 Å². The summed E-state index contributed by atoms with van der Waals surface area (Å²) >= 11 is 5.79. The van der Waals surface area contributed by atoms with Gasteiger partial charge >= 0.3 is 0 Å². The Morgan fingerprint density at radius 3 is 2.75 bits per heavy atom. The summed E-state index contributed by atoms with van der Waals surface area (Å²) in [4.78, 5) is 11.8. The molecule has 0 atom stereocenters. The lowest BCUT2D eigenvalue weighted by Gasteiger charge is -2.20. The van der Waals surface area contributed by atoms with Gasteiger partial charge in [0.2, 0.25) is 0 Å². The highest BCUT2D eigenvalue weighted by atomic mass is 35.5. The highest BCUT2D eigenvalue weighted by molar-refractivity contribution is 6.31. The molecule has 84 valence electrons. The van der Waals surface area contributed by atoms with Crippen LogP contribution in [-0.2, 0) is 0 Å². The van der Waals surface area contributed by atoms with Gasteiger partial charge in [-0.2, -0.15) is 0 Å². The number of amides is 1. The fourth-order valence-corrected chi connectivity index (χ4v) is 1.28. The number of nitrogens with one attached hydrogen (secondary N) is 1. The van der Waals surface area contributed by atoms with Crippen molar-refractivity contribution in [3.63, 3.8) is 0 Å². The van der Waals surface area contributed by atoms with E-state index in [1.165, 1.54) is 6.07 Å². The number of hydrogen-bond acceptors (Lipinski definition) is 2. The Morgan fingerprint density at radius 1 is 1.56 bits per heavy atom. The Kier molecular flexibility index (Phi) is 3.46. The smallest absolute Gasteiger partial charge is 0.254 e. The summed E-state index contributed by atoms with van der Waals surface area (Å²) in [6, 6.07) is 4.72. The molecule has 3 nitrogen and oxygen atoms in total. The zero-order valence-corrected chi connectivity index (χ0v) is 9.93. The molecule has 4 heteroatoms. The van der Waals surface area contributed by atoms with Crippen molar-refractivity contribution in [2.24, 2.45) is 0 Å². The third-order valence-electron chi connectivity index (χ3n) is 2.05. The monoisotopic (exact) mass is 236 g/mol. The second kappa shape index (κ2) is 4.46. The zero-order chi connectivity index (χ0) is 12.3. The first-order valence-electron chi connectivity index (χ1n) is 4.71. The first kappa shape index (κ1) is 12.4. The van der Waals surface area contributed by atoms with Crippen LogP contribution >= 0.6 is 11.6 Å². The molecule has 16 heavy (non-hydrogen) atoms. The van der Waals surface area contributed by atoms with E-state index in [9.17, 15) is 4.79 Å². The van der Waals surface area contributed by atoms with Crippen molar-refractivity contribution in [2.45, 2.75) is 19.4 Å². The normalized spacial score (nSPS) is 10.6. The first-order valence-corrected chi connectivity index (χ1v) is 5.09. The Morgan fingerprint density at radius 2 is 2.19 bits per heavy atom. The van der Waals surface area contributed by atoms with E-state index in [0.717, 1.165) is 0 Å². The van der Waals surface area contributed by atoms with E-state index in [1.807, 2.05) is 0 Å². The molecule has 0 spiro atoms. The van der Waals surface area contributed by atoms with Gasteiger partial charge in [-0.25, -0.2) is 0 Å². The van der Waals surface area contributed by atoms with Crippen LogP contribution in [0.2, 0.25) is 5.02 Å². The van der Waals surface area contributed by atoms with Crippen LogP contribution in [0.25, 0.3) is 0 Å². The predicted octanol–water partition coefficient (Wildman–Crippen LogP) is 2.06. The molecule has 1 amide bonds. The van der Waals surface area contributed by atoms with Crippen LogP contribution in [0.15, 0.2) is 18.2 Å². The van der Waals surface area contributed by atoms with Crippen LogP contribution in [0.5, 0.6) is 0 Å². The lowest BCUT2D eigenvalue weighted by molar-refractivity contribution is 0.0931. The number of nitrogen functional groups attached to an aromatic ring is 1. The topological polar surface area (TPSA) is 55.1 Å². The van der Waals surface area contributed by atoms with Gasteiger partial charge in [0, 0.05) is 10.7 Å². The third-order valence-corrected chi connectivity index (χ3v) is 2.28. The zero-order valence-electron chi connectivity index (χ0n) is 9.17. The molecule has 0 unspecified atom stereocenters. The molecule has 0 bridgehead atoms. The van der Waals surface area contributed by atoms with Gasteiger partial charge in [0.1, 0.15) is 0 Å². The van der Waals surface area contributed by atoms with E-state index in [1.54, 1.807) is 26.0 Å². The minimum atomic E-state index is -0.716. The minimum Gasteiger partial charge on any atom is -0.398 e. The second-order valence-corrected chi connectivity index (χ2v) is 4.39. The molecule has 0 saturated heterocycles. The summed E-state index contributed by atoms with van der Waals surface area (Å²) in [7, 11) is 0. The van der Waals surface area contributed by atoms with Gasteiger partial charge in [0.05, 0.1) is 11.1 Å². The van der Waals surface area contributed by atoms with Gasteiger partial charge in [-0.15, -0.1) is 6.42 Å². The molecule has 0 aromatic heterocycles. The molecule has 0 heterocycles. The maximum atomic E-state index is 11.8. The maximum absolute atomic E-state index is 11.8. The Labute approximate surface area is 100.0 Å². The molecule has 0 aliphatic carbocycles. The summed E-state index contributed by atoms with van der Waals surface area (Å²) in [6.45, 7) is 3.46. The van der Waals surface area contributed by atoms with Crippen molar-refractivity contribution in [3.05, 3.63) is 28.8 Å². The van der Waals surface area contributed by atoms with Crippen LogP contribution < -0.4 is 11.1 Å². The molecule has 0 aliphatic heterocycles. The lowest BCUT2D eigenvalue weighted by atomic mass is 10.1. The molecular weight excluding hydrogens is 224 g/mol. The number of anilines is 1. The van der Waals surface area contributed by atoms with Crippen molar-refractivity contribution >= 4 is 23.2 Å². The average Bonchev–Trinajstić information content (AvgIpc) is 2.21. The third kappa shape index (κ3) is 2.91. The van der Waals surface area contributed by atoms with Gasteiger partial charge < -0.3 is 11.1 Å². The number of benzene rings is 1. The van der Waals surface area contributed by atoms with Crippen molar-refractivity contribution in [2.75, 3.05) is 5.73 Å². The van der Waals surface area contributed by atoms with Gasteiger partial charge in [-0.3, -0.25) is 4.79 Å². The van der Waals surface area contributed by atoms with E-state index in [0.29, 0.717) is 16.3 Å². The SMILES string of the molecule is C#CC(C)(C)NC(=O)c1cc(Cl)ccc1N. The van der Waals surface area contributed by atoms with Gasteiger partial charge in [0.25, 0.3) is 5.91 Å². The quantitative estimate of drug-likeness (QED) is 0.610. The number of terminal acetylenes is 1. The minimum absolute atomic E-state index is 0.329. The van der Waals surface area contributed by atoms with Gasteiger partial charge in [0.15, 0.2) is 0 Å². The van der Waals surface area contributed by atoms with Crippen LogP contribution in [0, 0.1) is 12.3 Å². The number of hydrogen-bond donors (Lipinski definition) is 2. The molecule has 3 N–H and O–H groups in total. The standard InChI is InChI=1S/C12H13ClN2O/c1-4-12(2,3)15-11(16)9-7-8(13)5-6-10(9)14/h1,5-7H,14H2,2-3H3,(H,15,16). The Bertz CT molecular complexity index is 461. The molecule has 1 aromatic rings. The highest BCUT2D eigenvalue weighted by Gasteiger charge is 2.19. The molecule has 0 radical (unpaired) electrons. The van der Waals surface area contributed by atoms with Crippen molar-refractivity contribution in [1.29, 1.82) is 0 Å². The molecular formula is C12H13ClN2O.